The fourth-order valence-corrected chi connectivity index (χ4v) is 4.80. The first-order valence-corrected chi connectivity index (χ1v) is 8.31. The molecule has 2 unspecified atom stereocenters. The molecule has 5 nitrogen and oxygen atoms in total. The summed E-state index contributed by atoms with van der Waals surface area (Å²) in [6.45, 7) is 0. The highest BCUT2D eigenvalue weighted by atomic mass is 32.1. The number of carbonyl (C=O) groups is 1. The smallest absolute Gasteiger partial charge is 0.264 e. The summed E-state index contributed by atoms with van der Waals surface area (Å²) in [6, 6.07) is 5.00. The summed E-state index contributed by atoms with van der Waals surface area (Å²) in [6.07, 6.45) is 2.95. The summed E-state index contributed by atoms with van der Waals surface area (Å²) in [7, 11) is 0. The third-order valence-corrected chi connectivity index (χ3v) is 5.85. The van der Waals surface area contributed by atoms with Gasteiger partial charge in [0, 0.05) is 22.8 Å². The van der Waals surface area contributed by atoms with Crippen molar-refractivity contribution in [2.75, 3.05) is 0 Å². The monoisotopic (exact) mass is 319 g/mol. The van der Waals surface area contributed by atoms with Gasteiger partial charge in [0.1, 0.15) is 0 Å². The van der Waals surface area contributed by atoms with E-state index in [2.05, 4.69) is 0 Å². The van der Waals surface area contributed by atoms with Crippen LogP contribution in [0.25, 0.3) is 10.1 Å². The van der Waals surface area contributed by atoms with E-state index < -0.39 is 0 Å². The molecule has 0 aliphatic carbocycles. The predicted molar refractivity (Wildman–Crippen MR) is 83.4 cm³/mol. The molecule has 2 saturated heterocycles. The van der Waals surface area contributed by atoms with Gasteiger partial charge in [0.15, 0.2) is 11.5 Å². The lowest BCUT2D eigenvalue weighted by Gasteiger charge is -2.36. The van der Waals surface area contributed by atoms with E-state index in [1.54, 1.807) is 6.07 Å². The number of thiophene rings is 1. The second kappa shape index (κ2) is 4.86. The second-order valence-electron chi connectivity index (χ2n) is 6.21. The molecule has 1 amide bonds. The fraction of sp³-hybridized carbons (Fsp3) is 0.438. The molecule has 6 heteroatoms. The molecule has 116 valence electrons. The molecule has 2 aliphatic heterocycles. The minimum atomic E-state index is -0.294. The number of aromatic hydroxyl groups is 2. The van der Waals surface area contributed by atoms with Gasteiger partial charge >= 0.3 is 0 Å². The number of aliphatic hydroxyl groups excluding tert-OH is 1. The van der Waals surface area contributed by atoms with E-state index in [9.17, 15) is 20.1 Å². The first-order valence-electron chi connectivity index (χ1n) is 7.49. The number of aliphatic hydroxyl groups is 1. The number of fused-ring (bicyclic) bond motifs is 3. The number of rotatable bonds is 1. The Balaban J connectivity index is 1.68. The highest BCUT2D eigenvalue weighted by molar-refractivity contribution is 7.20. The Morgan fingerprint density at radius 2 is 1.73 bits per heavy atom. The summed E-state index contributed by atoms with van der Waals surface area (Å²) < 4.78 is 0.781. The third-order valence-electron chi connectivity index (χ3n) is 4.77. The largest absolute Gasteiger partial charge is 0.504 e. The van der Waals surface area contributed by atoms with Crippen LogP contribution < -0.4 is 0 Å². The van der Waals surface area contributed by atoms with E-state index in [1.807, 2.05) is 4.90 Å². The van der Waals surface area contributed by atoms with Gasteiger partial charge in [0.25, 0.3) is 5.91 Å². The number of carbonyl (C=O) groups excluding carboxylic acids is 1. The van der Waals surface area contributed by atoms with Crippen LogP contribution in [0.5, 0.6) is 11.5 Å². The number of piperidine rings is 1. The summed E-state index contributed by atoms with van der Waals surface area (Å²) in [5.41, 5.74) is 0. The Bertz CT molecular complexity index is 703. The molecule has 2 aromatic rings. The van der Waals surface area contributed by atoms with Crippen LogP contribution in [-0.4, -0.2) is 44.3 Å². The molecule has 2 bridgehead atoms. The van der Waals surface area contributed by atoms with E-state index in [1.165, 1.54) is 23.5 Å². The van der Waals surface area contributed by atoms with Crippen molar-refractivity contribution in [2.45, 2.75) is 43.9 Å². The van der Waals surface area contributed by atoms with E-state index in [0.29, 0.717) is 17.7 Å². The minimum Gasteiger partial charge on any atom is -0.504 e. The van der Waals surface area contributed by atoms with Gasteiger partial charge in [0.05, 0.1) is 11.0 Å². The van der Waals surface area contributed by atoms with Crippen molar-refractivity contribution in [2.24, 2.45) is 0 Å². The van der Waals surface area contributed by atoms with Crippen molar-refractivity contribution in [1.29, 1.82) is 0 Å². The second-order valence-corrected chi connectivity index (χ2v) is 7.30. The number of hydrogen-bond donors (Lipinski definition) is 3. The summed E-state index contributed by atoms with van der Waals surface area (Å²) >= 11 is 1.33. The molecule has 2 atom stereocenters. The van der Waals surface area contributed by atoms with E-state index >= 15 is 0 Å². The third kappa shape index (κ3) is 2.06. The lowest BCUT2D eigenvalue weighted by molar-refractivity contribution is 0.0290. The van der Waals surface area contributed by atoms with Crippen LogP contribution in [0.15, 0.2) is 18.2 Å². The predicted octanol–water partition coefficient (Wildman–Crippen LogP) is 2.44. The zero-order valence-electron chi connectivity index (χ0n) is 11.9. The van der Waals surface area contributed by atoms with Crippen LogP contribution in [0.3, 0.4) is 0 Å². The SMILES string of the molecule is O=C(c1cc2cc(O)c(O)cc2s1)N1C2CCC1CC(O)C2. The molecule has 0 saturated carbocycles. The first kappa shape index (κ1) is 13.8. The molecule has 4 rings (SSSR count). The molecule has 3 heterocycles. The van der Waals surface area contributed by atoms with Crippen LogP contribution in [-0.2, 0) is 0 Å². The van der Waals surface area contributed by atoms with Gasteiger partial charge in [0.2, 0.25) is 0 Å². The lowest BCUT2D eigenvalue weighted by Crippen LogP contribution is -2.47. The molecule has 2 aliphatic rings. The fourth-order valence-electron chi connectivity index (χ4n) is 3.78. The highest BCUT2D eigenvalue weighted by Crippen LogP contribution is 2.39. The maximum absolute atomic E-state index is 12.8. The van der Waals surface area contributed by atoms with Gasteiger partial charge in [-0.25, -0.2) is 0 Å². The van der Waals surface area contributed by atoms with Crippen LogP contribution in [0.1, 0.15) is 35.4 Å². The maximum Gasteiger partial charge on any atom is 0.264 e. The highest BCUT2D eigenvalue weighted by Gasteiger charge is 2.43. The molecule has 22 heavy (non-hydrogen) atoms. The van der Waals surface area contributed by atoms with E-state index in [0.717, 1.165) is 22.9 Å². The average molecular weight is 319 g/mol. The van der Waals surface area contributed by atoms with Crippen molar-refractivity contribution < 1.29 is 20.1 Å². The Kier molecular flexibility index (Phi) is 3.06. The number of benzene rings is 1. The molecular weight excluding hydrogens is 302 g/mol. The molecule has 0 radical (unpaired) electrons. The van der Waals surface area contributed by atoms with Gasteiger partial charge < -0.3 is 20.2 Å². The number of hydrogen-bond acceptors (Lipinski definition) is 5. The van der Waals surface area contributed by atoms with Gasteiger partial charge in [-0.3, -0.25) is 4.79 Å². The van der Waals surface area contributed by atoms with Crippen molar-refractivity contribution in [1.82, 2.24) is 4.90 Å². The zero-order chi connectivity index (χ0) is 15.4. The summed E-state index contributed by atoms with van der Waals surface area (Å²) in [4.78, 5) is 15.4. The maximum atomic E-state index is 12.8. The number of nitrogens with zero attached hydrogens (tertiary/aromatic N) is 1. The van der Waals surface area contributed by atoms with Crippen molar-refractivity contribution in [3.63, 3.8) is 0 Å². The molecule has 1 aromatic heterocycles. The van der Waals surface area contributed by atoms with Crippen LogP contribution in [0.2, 0.25) is 0 Å². The first-order chi connectivity index (χ1) is 10.5. The number of phenols is 2. The van der Waals surface area contributed by atoms with E-state index in [4.69, 9.17) is 0 Å². The molecule has 2 fully saturated rings. The summed E-state index contributed by atoms with van der Waals surface area (Å²) in [5, 5.41) is 29.7. The Morgan fingerprint density at radius 3 is 2.41 bits per heavy atom. The standard InChI is InChI=1S/C16H17NO4S/c18-11-5-9-1-2-10(6-11)17(9)16(21)15-4-8-3-12(19)13(20)7-14(8)22-15/h3-4,7,9-11,18-20H,1-2,5-6H2. The Hall–Kier alpha value is -1.79. The van der Waals surface area contributed by atoms with Gasteiger partial charge in [-0.15, -0.1) is 11.3 Å². The quantitative estimate of drug-likeness (QED) is 0.705. The molecule has 3 N–H and O–H groups in total. The van der Waals surface area contributed by atoms with E-state index in [-0.39, 0.29) is 35.6 Å². The number of phenolic OH excluding ortho intramolecular Hbond substituents is 2. The topological polar surface area (TPSA) is 81.0 Å². The normalized spacial score (nSPS) is 27.5. The van der Waals surface area contributed by atoms with Crippen LogP contribution >= 0.6 is 11.3 Å². The zero-order valence-corrected chi connectivity index (χ0v) is 12.7. The van der Waals surface area contributed by atoms with Crippen LogP contribution in [0.4, 0.5) is 0 Å². The molecular formula is C16H17NO4S. The number of amides is 1. The van der Waals surface area contributed by atoms with Crippen molar-refractivity contribution in [3.05, 3.63) is 23.1 Å². The minimum absolute atomic E-state index is 0.000389. The van der Waals surface area contributed by atoms with Gasteiger partial charge in [-0.1, -0.05) is 0 Å². The average Bonchev–Trinajstić information content (AvgIpc) is 2.98. The van der Waals surface area contributed by atoms with Gasteiger partial charge in [-0.2, -0.15) is 0 Å². The summed E-state index contributed by atoms with van der Waals surface area (Å²) in [5.74, 6) is -0.348. The molecule has 1 aromatic carbocycles. The Morgan fingerprint density at radius 1 is 1.09 bits per heavy atom. The Labute approximate surface area is 131 Å². The van der Waals surface area contributed by atoms with Crippen molar-refractivity contribution >= 4 is 27.3 Å². The van der Waals surface area contributed by atoms with Crippen LogP contribution in [0, 0.1) is 0 Å². The van der Waals surface area contributed by atoms with Crippen molar-refractivity contribution in [3.8, 4) is 11.5 Å². The lowest BCUT2D eigenvalue weighted by atomic mass is 9.99. The van der Waals surface area contributed by atoms with Gasteiger partial charge in [-0.05, 0) is 43.2 Å². The molecule has 0 spiro atoms.